The molecule has 0 aromatic heterocycles. The molecule has 1 aliphatic rings. The molecule has 7 heteroatoms. The van der Waals surface area contributed by atoms with Crippen LogP contribution < -0.4 is 10.0 Å². The van der Waals surface area contributed by atoms with E-state index in [1.807, 2.05) is 6.92 Å². The van der Waals surface area contributed by atoms with Crippen LogP contribution in [0.1, 0.15) is 18.4 Å². The Labute approximate surface area is 130 Å². The highest BCUT2D eigenvalue weighted by Gasteiger charge is 2.24. The Morgan fingerprint density at radius 3 is 2.68 bits per heavy atom. The van der Waals surface area contributed by atoms with Gasteiger partial charge in [0.25, 0.3) is 0 Å². The summed E-state index contributed by atoms with van der Waals surface area (Å²) in [5, 5.41) is 3.20. The number of halogens is 2. The molecule has 4 nitrogen and oxygen atoms in total. The van der Waals surface area contributed by atoms with Gasteiger partial charge in [-0.25, -0.2) is 13.1 Å². The first-order valence-corrected chi connectivity index (χ1v) is 9.16. The molecule has 0 bridgehead atoms. The zero-order valence-electron chi connectivity index (χ0n) is 10.5. The topological polar surface area (TPSA) is 58.2 Å². The molecule has 106 valence electrons. The quantitative estimate of drug-likeness (QED) is 0.803. The lowest BCUT2D eigenvalue weighted by Gasteiger charge is -2.24. The summed E-state index contributed by atoms with van der Waals surface area (Å²) >= 11 is 6.70. The number of hydrogen-bond donors (Lipinski definition) is 2. The van der Waals surface area contributed by atoms with E-state index in [4.69, 9.17) is 0 Å². The molecule has 1 aromatic rings. The standard InChI is InChI=1S/C12H16Br2N2O2S/c1-8-5-11(14)12(6-10(8)13)19(17,18)16-9-3-2-4-15-7-9/h5-6,9,15-16H,2-4,7H2,1H3. The summed E-state index contributed by atoms with van der Waals surface area (Å²) in [6.45, 7) is 3.56. The fourth-order valence-corrected chi connectivity index (χ4v) is 5.02. The van der Waals surface area contributed by atoms with E-state index in [1.165, 1.54) is 0 Å². The number of hydrogen-bond acceptors (Lipinski definition) is 3. The Morgan fingerprint density at radius 2 is 2.05 bits per heavy atom. The van der Waals surface area contributed by atoms with Crippen molar-refractivity contribution in [2.24, 2.45) is 0 Å². The first-order chi connectivity index (χ1) is 8.90. The van der Waals surface area contributed by atoms with Gasteiger partial charge in [-0.05, 0) is 59.9 Å². The molecular formula is C12H16Br2N2O2S. The van der Waals surface area contributed by atoms with Gasteiger partial charge in [-0.1, -0.05) is 15.9 Å². The van der Waals surface area contributed by atoms with Gasteiger partial charge in [-0.15, -0.1) is 0 Å². The average molecular weight is 412 g/mol. The van der Waals surface area contributed by atoms with Crippen LogP contribution in [-0.2, 0) is 10.0 Å². The largest absolute Gasteiger partial charge is 0.315 e. The van der Waals surface area contributed by atoms with E-state index in [1.54, 1.807) is 12.1 Å². The third-order valence-corrected chi connectivity index (χ3v) is 6.45. The summed E-state index contributed by atoms with van der Waals surface area (Å²) < 4.78 is 28.9. The van der Waals surface area contributed by atoms with Crippen molar-refractivity contribution in [2.75, 3.05) is 13.1 Å². The second-order valence-electron chi connectivity index (χ2n) is 4.70. The average Bonchev–Trinajstić information content (AvgIpc) is 2.34. The summed E-state index contributed by atoms with van der Waals surface area (Å²) in [6.07, 6.45) is 1.86. The van der Waals surface area contributed by atoms with Gasteiger partial charge in [0, 0.05) is 21.5 Å². The predicted molar refractivity (Wildman–Crippen MR) is 82.8 cm³/mol. The maximum absolute atomic E-state index is 12.4. The van der Waals surface area contributed by atoms with Gasteiger partial charge >= 0.3 is 0 Å². The molecular weight excluding hydrogens is 396 g/mol. The monoisotopic (exact) mass is 410 g/mol. The lowest BCUT2D eigenvalue weighted by Crippen LogP contribution is -2.45. The Balaban J connectivity index is 2.26. The highest BCUT2D eigenvalue weighted by atomic mass is 79.9. The molecule has 1 unspecified atom stereocenters. The molecule has 0 amide bonds. The number of piperidine rings is 1. The molecule has 1 fully saturated rings. The fourth-order valence-electron chi connectivity index (χ4n) is 2.07. The van der Waals surface area contributed by atoms with Gasteiger partial charge in [-0.2, -0.15) is 0 Å². The normalized spacial score (nSPS) is 20.5. The lowest BCUT2D eigenvalue weighted by molar-refractivity contribution is 0.428. The Kier molecular flexibility index (Phi) is 5.05. The van der Waals surface area contributed by atoms with Gasteiger partial charge in [0.15, 0.2) is 0 Å². The van der Waals surface area contributed by atoms with Crippen LogP contribution in [0.25, 0.3) is 0 Å². The Bertz CT molecular complexity index is 569. The molecule has 1 saturated heterocycles. The van der Waals surface area contributed by atoms with Gasteiger partial charge < -0.3 is 5.32 Å². The van der Waals surface area contributed by atoms with Crippen molar-refractivity contribution in [3.05, 3.63) is 26.6 Å². The summed E-state index contributed by atoms with van der Waals surface area (Å²) in [7, 11) is -3.50. The van der Waals surface area contributed by atoms with Crippen LogP contribution in [0.5, 0.6) is 0 Å². The predicted octanol–water partition coefficient (Wildman–Crippen LogP) is 2.55. The molecule has 1 atom stereocenters. The molecule has 2 rings (SSSR count). The minimum absolute atomic E-state index is 0.0364. The van der Waals surface area contributed by atoms with Crippen LogP contribution in [-0.4, -0.2) is 27.5 Å². The van der Waals surface area contributed by atoms with E-state index >= 15 is 0 Å². The fraction of sp³-hybridized carbons (Fsp3) is 0.500. The zero-order chi connectivity index (χ0) is 14.0. The van der Waals surface area contributed by atoms with Crippen LogP contribution in [0.3, 0.4) is 0 Å². The van der Waals surface area contributed by atoms with Crippen molar-refractivity contribution in [3.63, 3.8) is 0 Å². The van der Waals surface area contributed by atoms with Crippen molar-refractivity contribution in [1.29, 1.82) is 0 Å². The maximum Gasteiger partial charge on any atom is 0.242 e. The SMILES string of the molecule is Cc1cc(Br)c(S(=O)(=O)NC2CCCNC2)cc1Br. The van der Waals surface area contributed by atoms with Crippen LogP contribution >= 0.6 is 31.9 Å². The van der Waals surface area contributed by atoms with E-state index in [2.05, 4.69) is 41.9 Å². The summed E-state index contributed by atoms with van der Waals surface area (Å²) in [5.41, 5.74) is 0.991. The third-order valence-electron chi connectivity index (χ3n) is 3.12. The maximum atomic E-state index is 12.4. The van der Waals surface area contributed by atoms with Crippen LogP contribution in [0.2, 0.25) is 0 Å². The van der Waals surface area contributed by atoms with Crippen molar-refractivity contribution < 1.29 is 8.42 Å². The minimum Gasteiger partial charge on any atom is -0.315 e. The Hall–Kier alpha value is 0.0500. The number of rotatable bonds is 3. The summed E-state index contributed by atoms with van der Waals surface area (Å²) in [5.74, 6) is 0. The number of aryl methyl sites for hydroxylation is 1. The summed E-state index contributed by atoms with van der Waals surface area (Å²) in [4.78, 5) is 0.274. The highest BCUT2D eigenvalue weighted by molar-refractivity contribution is 9.11. The molecule has 2 N–H and O–H groups in total. The van der Waals surface area contributed by atoms with Gasteiger partial charge in [0.1, 0.15) is 0 Å². The van der Waals surface area contributed by atoms with Gasteiger partial charge in [0.2, 0.25) is 10.0 Å². The van der Waals surface area contributed by atoms with Crippen molar-refractivity contribution in [2.45, 2.75) is 30.7 Å². The minimum atomic E-state index is -3.50. The molecule has 0 saturated carbocycles. The first-order valence-electron chi connectivity index (χ1n) is 6.09. The Morgan fingerprint density at radius 1 is 1.32 bits per heavy atom. The third kappa shape index (κ3) is 3.78. The molecule has 0 radical (unpaired) electrons. The molecule has 19 heavy (non-hydrogen) atoms. The van der Waals surface area contributed by atoms with E-state index in [0.29, 0.717) is 11.0 Å². The molecule has 1 aliphatic heterocycles. The van der Waals surface area contributed by atoms with Crippen LogP contribution in [0.4, 0.5) is 0 Å². The van der Waals surface area contributed by atoms with E-state index < -0.39 is 10.0 Å². The molecule has 1 heterocycles. The molecule has 1 aromatic carbocycles. The highest BCUT2D eigenvalue weighted by Crippen LogP contribution is 2.29. The molecule has 0 aliphatic carbocycles. The van der Waals surface area contributed by atoms with Gasteiger partial charge in [0.05, 0.1) is 4.90 Å². The molecule has 0 spiro atoms. The van der Waals surface area contributed by atoms with Crippen LogP contribution in [0, 0.1) is 6.92 Å². The van der Waals surface area contributed by atoms with Crippen molar-refractivity contribution >= 4 is 41.9 Å². The second kappa shape index (κ2) is 6.22. The summed E-state index contributed by atoms with van der Waals surface area (Å²) in [6, 6.07) is 3.40. The number of sulfonamides is 1. The smallest absolute Gasteiger partial charge is 0.242 e. The number of nitrogens with one attached hydrogen (secondary N) is 2. The van der Waals surface area contributed by atoms with E-state index in [0.717, 1.165) is 29.4 Å². The van der Waals surface area contributed by atoms with Gasteiger partial charge in [-0.3, -0.25) is 0 Å². The van der Waals surface area contributed by atoms with E-state index in [9.17, 15) is 8.42 Å². The van der Waals surface area contributed by atoms with E-state index in [-0.39, 0.29) is 10.9 Å². The zero-order valence-corrected chi connectivity index (χ0v) is 14.5. The number of benzene rings is 1. The van der Waals surface area contributed by atoms with Crippen LogP contribution in [0.15, 0.2) is 26.0 Å². The lowest BCUT2D eigenvalue weighted by atomic mass is 10.1. The first kappa shape index (κ1) is 15.4. The van der Waals surface area contributed by atoms with Crippen molar-refractivity contribution in [1.82, 2.24) is 10.0 Å². The van der Waals surface area contributed by atoms with Crippen molar-refractivity contribution in [3.8, 4) is 0 Å². The second-order valence-corrected chi connectivity index (χ2v) is 8.09.